The molecule has 1 fully saturated rings. The lowest BCUT2D eigenvalue weighted by Gasteiger charge is -2.14. The highest BCUT2D eigenvalue weighted by atomic mass is 16.3. The quantitative estimate of drug-likeness (QED) is 0.754. The SMILES string of the molecule is O=C(CNC(=O)C1CCCC1O)Nc1ccccc1. The summed E-state index contributed by atoms with van der Waals surface area (Å²) in [4.78, 5) is 23.4. The highest BCUT2D eigenvalue weighted by Gasteiger charge is 2.31. The Morgan fingerprint density at radius 1 is 1.21 bits per heavy atom. The number of aliphatic hydroxyl groups is 1. The van der Waals surface area contributed by atoms with Gasteiger partial charge in [0.25, 0.3) is 0 Å². The number of rotatable bonds is 4. The van der Waals surface area contributed by atoms with E-state index in [1.165, 1.54) is 0 Å². The van der Waals surface area contributed by atoms with Gasteiger partial charge in [0, 0.05) is 5.69 Å². The number of aliphatic hydroxyl groups excluding tert-OH is 1. The lowest BCUT2D eigenvalue weighted by molar-refractivity contribution is -0.129. The van der Waals surface area contributed by atoms with Crippen molar-refractivity contribution in [3.05, 3.63) is 30.3 Å². The minimum Gasteiger partial charge on any atom is -0.392 e. The van der Waals surface area contributed by atoms with Crippen molar-refractivity contribution >= 4 is 17.5 Å². The van der Waals surface area contributed by atoms with Crippen LogP contribution in [0.2, 0.25) is 0 Å². The van der Waals surface area contributed by atoms with E-state index in [4.69, 9.17) is 0 Å². The van der Waals surface area contributed by atoms with E-state index < -0.39 is 6.10 Å². The van der Waals surface area contributed by atoms with Crippen LogP contribution in [-0.4, -0.2) is 29.6 Å². The first-order valence-electron chi connectivity index (χ1n) is 6.47. The van der Waals surface area contributed by atoms with E-state index in [0.29, 0.717) is 18.5 Å². The van der Waals surface area contributed by atoms with E-state index in [9.17, 15) is 14.7 Å². The Morgan fingerprint density at radius 3 is 2.58 bits per heavy atom. The molecule has 0 aromatic heterocycles. The Labute approximate surface area is 112 Å². The van der Waals surface area contributed by atoms with E-state index in [1.807, 2.05) is 18.2 Å². The molecule has 0 spiro atoms. The normalized spacial score (nSPS) is 21.9. The van der Waals surface area contributed by atoms with Crippen LogP contribution in [0.15, 0.2) is 30.3 Å². The minimum atomic E-state index is -0.572. The molecule has 2 amide bonds. The monoisotopic (exact) mass is 262 g/mol. The third-order valence-corrected chi connectivity index (χ3v) is 3.30. The standard InChI is InChI=1S/C14H18N2O3/c17-12-8-4-7-11(12)14(19)15-9-13(18)16-10-5-2-1-3-6-10/h1-3,5-6,11-12,17H,4,7-9H2,(H,15,19)(H,16,18). The second-order valence-electron chi connectivity index (χ2n) is 4.74. The molecular formula is C14H18N2O3. The lowest BCUT2D eigenvalue weighted by atomic mass is 10.1. The summed E-state index contributed by atoms with van der Waals surface area (Å²) in [6, 6.07) is 9.06. The number of hydrogen-bond donors (Lipinski definition) is 3. The molecule has 2 atom stereocenters. The number of hydrogen-bond acceptors (Lipinski definition) is 3. The molecule has 5 nitrogen and oxygen atoms in total. The first-order valence-corrected chi connectivity index (χ1v) is 6.47. The zero-order valence-electron chi connectivity index (χ0n) is 10.6. The van der Waals surface area contributed by atoms with Gasteiger partial charge in [-0.15, -0.1) is 0 Å². The Morgan fingerprint density at radius 2 is 1.95 bits per heavy atom. The highest BCUT2D eigenvalue weighted by Crippen LogP contribution is 2.25. The van der Waals surface area contributed by atoms with Gasteiger partial charge in [-0.05, 0) is 31.4 Å². The average Bonchev–Trinajstić information content (AvgIpc) is 2.83. The number of para-hydroxylation sites is 1. The largest absolute Gasteiger partial charge is 0.392 e. The Hall–Kier alpha value is -1.88. The van der Waals surface area contributed by atoms with E-state index in [0.717, 1.165) is 6.42 Å². The fourth-order valence-corrected chi connectivity index (χ4v) is 2.27. The predicted octanol–water partition coefficient (Wildman–Crippen LogP) is 0.902. The summed E-state index contributed by atoms with van der Waals surface area (Å²) in [5.74, 6) is -0.884. The maximum Gasteiger partial charge on any atom is 0.243 e. The molecule has 0 saturated heterocycles. The second kappa shape index (κ2) is 6.33. The average molecular weight is 262 g/mol. The molecule has 5 heteroatoms. The van der Waals surface area contributed by atoms with Crippen LogP contribution in [-0.2, 0) is 9.59 Å². The summed E-state index contributed by atoms with van der Waals surface area (Å²) in [5, 5.41) is 14.8. The van der Waals surface area contributed by atoms with Crippen molar-refractivity contribution in [3.63, 3.8) is 0 Å². The Balaban J connectivity index is 1.76. The van der Waals surface area contributed by atoms with Crippen LogP contribution in [0, 0.1) is 5.92 Å². The number of carbonyl (C=O) groups is 2. The van der Waals surface area contributed by atoms with Gasteiger partial charge in [-0.25, -0.2) is 0 Å². The van der Waals surface area contributed by atoms with Crippen molar-refractivity contribution in [2.75, 3.05) is 11.9 Å². The first kappa shape index (κ1) is 13.5. The van der Waals surface area contributed by atoms with E-state index in [1.54, 1.807) is 12.1 Å². The zero-order valence-corrected chi connectivity index (χ0v) is 10.6. The van der Waals surface area contributed by atoms with Crippen LogP contribution in [0.25, 0.3) is 0 Å². The lowest BCUT2D eigenvalue weighted by Crippen LogP contribution is -2.39. The van der Waals surface area contributed by atoms with Crippen molar-refractivity contribution < 1.29 is 14.7 Å². The van der Waals surface area contributed by atoms with E-state index >= 15 is 0 Å². The zero-order chi connectivity index (χ0) is 13.7. The van der Waals surface area contributed by atoms with Crippen molar-refractivity contribution in [1.29, 1.82) is 0 Å². The van der Waals surface area contributed by atoms with Crippen molar-refractivity contribution in [2.45, 2.75) is 25.4 Å². The topological polar surface area (TPSA) is 78.4 Å². The number of amides is 2. The summed E-state index contributed by atoms with van der Waals surface area (Å²) in [7, 11) is 0. The van der Waals surface area contributed by atoms with Crippen LogP contribution in [0.3, 0.4) is 0 Å². The third-order valence-electron chi connectivity index (χ3n) is 3.30. The number of benzene rings is 1. The molecule has 3 N–H and O–H groups in total. The molecular weight excluding hydrogens is 244 g/mol. The first-order chi connectivity index (χ1) is 9.16. The van der Waals surface area contributed by atoms with Crippen LogP contribution < -0.4 is 10.6 Å². The molecule has 1 aliphatic rings. The molecule has 1 aliphatic carbocycles. The fourth-order valence-electron chi connectivity index (χ4n) is 2.27. The molecule has 1 aromatic rings. The molecule has 0 aliphatic heterocycles. The Kier molecular flexibility index (Phi) is 4.52. The molecule has 19 heavy (non-hydrogen) atoms. The summed E-state index contributed by atoms with van der Waals surface area (Å²) >= 11 is 0. The summed E-state index contributed by atoms with van der Waals surface area (Å²) in [6.45, 7) is -0.0725. The van der Waals surface area contributed by atoms with Crippen molar-refractivity contribution in [3.8, 4) is 0 Å². The third kappa shape index (κ3) is 3.79. The molecule has 102 valence electrons. The van der Waals surface area contributed by atoms with Gasteiger partial charge < -0.3 is 15.7 Å². The van der Waals surface area contributed by atoms with Crippen LogP contribution in [0.5, 0.6) is 0 Å². The summed E-state index contributed by atoms with van der Waals surface area (Å²) in [6.07, 6.45) is 1.63. The minimum absolute atomic E-state index is 0.0725. The van der Waals surface area contributed by atoms with Crippen LogP contribution in [0.1, 0.15) is 19.3 Å². The van der Waals surface area contributed by atoms with Gasteiger partial charge in [0.1, 0.15) is 0 Å². The molecule has 0 radical (unpaired) electrons. The number of carbonyl (C=O) groups excluding carboxylic acids is 2. The van der Waals surface area contributed by atoms with Gasteiger partial charge in [-0.2, -0.15) is 0 Å². The van der Waals surface area contributed by atoms with Crippen LogP contribution >= 0.6 is 0 Å². The highest BCUT2D eigenvalue weighted by molar-refractivity contribution is 5.94. The molecule has 1 saturated carbocycles. The van der Waals surface area contributed by atoms with Gasteiger partial charge in [0.2, 0.25) is 11.8 Å². The van der Waals surface area contributed by atoms with Gasteiger partial charge in [0.15, 0.2) is 0 Å². The molecule has 0 bridgehead atoms. The van der Waals surface area contributed by atoms with E-state index in [2.05, 4.69) is 10.6 Å². The van der Waals surface area contributed by atoms with Gasteiger partial charge in [-0.3, -0.25) is 9.59 Å². The predicted molar refractivity (Wildman–Crippen MR) is 71.4 cm³/mol. The summed E-state index contributed by atoms with van der Waals surface area (Å²) < 4.78 is 0. The number of anilines is 1. The van der Waals surface area contributed by atoms with Gasteiger partial charge >= 0.3 is 0 Å². The maximum atomic E-state index is 11.8. The Bertz CT molecular complexity index is 447. The van der Waals surface area contributed by atoms with Gasteiger partial charge in [-0.1, -0.05) is 18.2 Å². The summed E-state index contributed by atoms with van der Waals surface area (Å²) in [5.41, 5.74) is 0.697. The van der Waals surface area contributed by atoms with Crippen molar-refractivity contribution in [2.24, 2.45) is 5.92 Å². The number of nitrogens with one attached hydrogen (secondary N) is 2. The van der Waals surface area contributed by atoms with Crippen LogP contribution in [0.4, 0.5) is 5.69 Å². The molecule has 0 heterocycles. The molecule has 2 unspecified atom stereocenters. The maximum absolute atomic E-state index is 11.8. The van der Waals surface area contributed by atoms with Crippen molar-refractivity contribution in [1.82, 2.24) is 5.32 Å². The molecule has 2 rings (SSSR count). The molecule has 1 aromatic carbocycles. The smallest absolute Gasteiger partial charge is 0.243 e. The van der Waals surface area contributed by atoms with E-state index in [-0.39, 0.29) is 24.3 Å². The fraction of sp³-hybridized carbons (Fsp3) is 0.429. The van der Waals surface area contributed by atoms with Gasteiger partial charge in [0.05, 0.1) is 18.6 Å². The second-order valence-corrected chi connectivity index (χ2v) is 4.74.